The lowest BCUT2D eigenvalue weighted by Gasteiger charge is -2.12. The Kier molecular flexibility index (Phi) is 4.69. The van der Waals surface area contributed by atoms with E-state index in [1.807, 2.05) is 0 Å². The van der Waals surface area contributed by atoms with Crippen LogP contribution in [0.2, 0.25) is 5.02 Å². The van der Waals surface area contributed by atoms with Crippen LogP contribution in [0, 0.1) is 0 Å². The van der Waals surface area contributed by atoms with Gasteiger partial charge in [0, 0.05) is 11.1 Å². The normalized spacial score (nSPS) is 13.7. The van der Waals surface area contributed by atoms with Crippen molar-refractivity contribution < 1.29 is 13.3 Å². The third-order valence-electron chi connectivity index (χ3n) is 1.81. The molecule has 0 bridgehead atoms. The van der Waals surface area contributed by atoms with Gasteiger partial charge in [0.1, 0.15) is 0 Å². The molecule has 16 heavy (non-hydrogen) atoms. The van der Waals surface area contributed by atoms with Crippen LogP contribution in [0.1, 0.15) is 6.92 Å². The monoisotopic (exact) mass is 264 g/mol. The third-order valence-corrected chi connectivity index (χ3v) is 3.63. The summed E-state index contributed by atoms with van der Waals surface area (Å²) in [7, 11) is -3.57. The van der Waals surface area contributed by atoms with Crippen LogP contribution < -0.4 is 10.6 Å². The van der Waals surface area contributed by atoms with Gasteiger partial charge in [0.05, 0.1) is 11.5 Å². The van der Waals surface area contributed by atoms with Crippen molar-refractivity contribution in [1.82, 2.24) is 4.72 Å². The van der Waals surface area contributed by atoms with E-state index in [-0.39, 0.29) is 11.5 Å². The van der Waals surface area contributed by atoms with E-state index in [1.165, 1.54) is 12.1 Å². The summed E-state index contributed by atoms with van der Waals surface area (Å²) in [4.78, 5) is 4.47. The zero-order valence-electron chi connectivity index (χ0n) is 8.68. The highest BCUT2D eigenvalue weighted by Crippen LogP contribution is 2.15. The molecule has 5 nitrogen and oxygen atoms in total. The van der Waals surface area contributed by atoms with Crippen molar-refractivity contribution in [3.8, 4) is 0 Å². The molecule has 0 aliphatic rings. The number of benzene rings is 1. The van der Waals surface area contributed by atoms with Gasteiger partial charge >= 0.3 is 0 Å². The molecule has 1 aromatic carbocycles. The summed E-state index contributed by atoms with van der Waals surface area (Å²) in [5, 5.41) is 0.366. The van der Waals surface area contributed by atoms with Crippen LogP contribution in [0.15, 0.2) is 29.2 Å². The van der Waals surface area contributed by atoms with Gasteiger partial charge in [0.15, 0.2) is 0 Å². The molecule has 0 aliphatic carbocycles. The SMILES string of the molecule is CC(CON)NS(=O)(=O)c1cccc(Cl)c1. The number of hydrogen-bond acceptors (Lipinski definition) is 4. The van der Waals surface area contributed by atoms with Gasteiger partial charge in [-0.2, -0.15) is 0 Å². The summed E-state index contributed by atoms with van der Waals surface area (Å²) < 4.78 is 26.0. The smallest absolute Gasteiger partial charge is 0.240 e. The number of rotatable bonds is 5. The largest absolute Gasteiger partial charge is 0.303 e. The first-order valence-electron chi connectivity index (χ1n) is 4.55. The summed E-state index contributed by atoms with van der Waals surface area (Å²) in [6.45, 7) is 1.74. The van der Waals surface area contributed by atoms with Crippen molar-refractivity contribution in [2.24, 2.45) is 5.90 Å². The van der Waals surface area contributed by atoms with Crippen molar-refractivity contribution in [2.45, 2.75) is 17.9 Å². The van der Waals surface area contributed by atoms with Crippen molar-refractivity contribution >= 4 is 21.6 Å². The van der Waals surface area contributed by atoms with E-state index in [9.17, 15) is 8.42 Å². The number of nitrogens with two attached hydrogens (primary N) is 1. The summed E-state index contributed by atoms with van der Waals surface area (Å²) in [5.41, 5.74) is 0. The van der Waals surface area contributed by atoms with Crippen LogP contribution in [-0.2, 0) is 14.9 Å². The zero-order chi connectivity index (χ0) is 12.2. The van der Waals surface area contributed by atoms with E-state index in [2.05, 4.69) is 9.56 Å². The molecular formula is C9H13ClN2O3S. The minimum absolute atomic E-state index is 0.0970. The Balaban J connectivity index is 2.86. The maximum atomic E-state index is 11.8. The maximum Gasteiger partial charge on any atom is 0.240 e. The lowest BCUT2D eigenvalue weighted by atomic mass is 10.4. The highest BCUT2D eigenvalue weighted by Gasteiger charge is 2.17. The molecule has 7 heteroatoms. The fourth-order valence-electron chi connectivity index (χ4n) is 1.15. The van der Waals surface area contributed by atoms with Gasteiger partial charge in [-0.1, -0.05) is 17.7 Å². The molecule has 0 spiro atoms. The quantitative estimate of drug-likeness (QED) is 0.774. The molecule has 1 rings (SSSR count). The van der Waals surface area contributed by atoms with Crippen LogP contribution in [0.3, 0.4) is 0 Å². The van der Waals surface area contributed by atoms with Gasteiger partial charge in [-0.25, -0.2) is 19.0 Å². The molecule has 0 heterocycles. The molecule has 0 saturated carbocycles. The molecule has 1 aromatic rings. The fourth-order valence-corrected chi connectivity index (χ4v) is 2.67. The number of sulfonamides is 1. The molecule has 0 saturated heterocycles. The molecule has 1 unspecified atom stereocenters. The second kappa shape index (κ2) is 5.60. The fraction of sp³-hybridized carbons (Fsp3) is 0.333. The van der Waals surface area contributed by atoms with Gasteiger partial charge in [-0.15, -0.1) is 0 Å². The average molecular weight is 265 g/mol. The summed E-state index contributed by atoms with van der Waals surface area (Å²) in [5.74, 6) is 4.86. The third kappa shape index (κ3) is 3.73. The minimum atomic E-state index is -3.57. The van der Waals surface area contributed by atoms with Gasteiger partial charge in [-0.3, -0.25) is 0 Å². The molecule has 0 amide bonds. The molecule has 1 atom stereocenters. The second-order valence-electron chi connectivity index (χ2n) is 3.31. The van der Waals surface area contributed by atoms with Crippen LogP contribution in [0.4, 0.5) is 0 Å². The van der Waals surface area contributed by atoms with E-state index >= 15 is 0 Å². The molecule has 0 aromatic heterocycles. The van der Waals surface area contributed by atoms with Crippen molar-refractivity contribution in [2.75, 3.05) is 6.61 Å². The van der Waals surface area contributed by atoms with E-state index in [4.69, 9.17) is 17.5 Å². The Labute approximate surface area is 99.5 Å². The van der Waals surface area contributed by atoms with Crippen LogP contribution in [0.5, 0.6) is 0 Å². The Bertz CT molecular complexity index is 450. The minimum Gasteiger partial charge on any atom is -0.303 e. The van der Waals surface area contributed by atoms with Gasteiger partial charge in [-0.05, 0) is 25.1 Å². The molecule has 0 fully saturated rings. The maximum absolute atomic E-state index is 11.8. The molecule has 90 valence electrons. The summed E-state index contributed by atoms with van der Waals surface area (Å²) in [6, 6.07) is 5.60. The Morgan fingerprint density at radius 1 is 1.56 bits per heavy atom. The van der Waals surface area contributed by atoms with E-state index < -0.39 is 16.1 Å². The highest BCUT2D eigenvalue weighted by molar-refractivity contribution is 7.89. The van der Waals surface area contributed by atoms with Crippen molar-refractivity contribution in [3.63, 3.8) is 0 Å². The first-order chi connectivity index (χ1) is 7.45. The predicted molar refractivity (Wildman–Crippen MR) is 61.4 cm³/mol. The first-order valence-corrected chi connectivity index (χ1v) is 6.41. The number of hydrogen-bond donors (Lipinski definition) is 2. The highest BCUT2D eigenvalue weighted by atomic mass is 35.5. The first kappa shape index (κ1) is 13.4. The van der Waals surface area contributed by atoms with Crippen LogP contribution in [-0.4, -0.2) is 21.1 Å². The predicted octanol–water partition coefficient (Wildman–Crippen LogP) is 0.897. The van der Waals surface area contributed by atoms with Gasteiger partial charge < -0.3 is 4.84 Å². The van der Waals surface area contributed by atoms with E-state index in [0.717, 1.165) is 0 Å². The standard InChI is InChI=1S/C9H13ClN2O3S/c1-7(6-15-11)12-16(13,14)9-4-2-3-8(10)5-9/h2-5,7,12H,6,11H2,1H3. The Morgan fingerprint density at radius 3 is 2.81 bits per heavy atom. The topological polar surface area (TPSA) is 81.4 Å². The van der Waals surface area contributed by atoms with Crippen molar-refractivity contribution in [3.05, 3.63) is 29.3 Å². The molecular weight excluding hydrogens is 252 g/mol. The van der Waals surface area contributed by atoms with Crippen molar-refractivity contribution in [1.29, 1.82) is 0 Å². The van der Waals surface area contributed by atoms with E-state index in [1.54, 1.807) is 19.1 Å². The Hall–Kier alpha value is -0.660. The van der Waals surface area contributed by atoms with Gasteiger partial charge in [0.25, 0.3) is 0 Å². The van der Waals surface area contributed by atoms with Crippen LogP contribution >= 0.6 is 11.6 Å². The number of nitrogens with one attached hydrogen (secondary N) is 1. The number of halogens is 1. The molecule has 0 radical (unpaired) electrons. The van der Waals surface area contributed by atoms with Crippen LogP contribution in [0.25, 0.3) is 0 Å². The Morgan fingerprint density at radius 2 is 2.25 bits per heavy atom. The lowest BCUT2D eigenvalue weighted by molar-refractivity contribution is 0.124. The summed E-state index contributed by atoms with van der Waals surface area (Å²) in [6.07, 6.45) is 0. The van der Waals surface area contributed by atoms with E-state index in [0.29, 0.717) is 5.02 Å². The zero-order valence-corrected chi connectivity index (χ0v) is 10.3. The second-order valence-corrected chi connectivity index (χ2v) is 5.46. The summed E-state index contributed by atoms with van der Waals surface area (Å²) >= 11 is 5.71. The average Bonchev–Trinajstić information content (AvgIpc) is 2.17. The lowest BCUT2D eigenvalue weighted by Crippen LogP contribution is -2.36. The van der Waals surface area contributed by atoms with Gasteiger partial charge in [0.2, 0.25) is 10.0 Å². The molecule has 3 N–H and O–H groups in total. The molecule has 0 aliphatic heterocycles.